The van der Waals surface area contributed by atoms with E-state index >= 15 is 0 Å². The summed E-state index contributed by atoms with van der Waals surface area (Å²) in [6.45, 7) is 1.75. The number of pyridine rings is 2. The zero-order valence-electron chi connectivity index (χ0n) is 15.8. The van der Waals surface area contributed by atoms with Crippen LogP contribution in [0.5, 0.6) is 5.75 Å². The molecule has 0 bridgehead atoms. The molecule has 0 radical (unpaired) electrons. The number of hydrogen-bond acceptors (Lipinski definition) is 3. The van der Waals surface area contributed by atoms with E-state index in [1.807, 2.05) is 0 Å². The summed E-state index contributed by atoms with van der Waals surface area (Å²) in [5.41, 5.74) is 0.620. The van der Waals surface area contributed by atoms with Crippen molar-refractivity contribution in [1.82, 2.24) is 9.97 Å². The number of nitrogens with zero attached hydrogens (tertiary/aromatic N) is 2. The van der Waals surface area contributed by atoms with Gasteiger partial charge in [-0.3, -0.25) is 9.97 Å². The molecule has 0 saturated heterocycles. The molecule has 30 heavy (non-hydrogen) atoms. The van der Waals surface area contributed by atoms with Crippen molar-refractivity contribution in [2.75, 3.05) is 0 Å². The van der Waals surface area contributed by atoms with Crippen LogP contribution in [0.15, 0.2) is 54.7 Å². The Hall–Kier alpha value is -3.48. The van der Waals surface area contributed by atoms with Gasteiger partial charge < -0.3 is 5.11 Å². The van der Waals surface area contributed by atoms with E-state index in [0.717, 1.165) is 0 Å². The van der Waals surface area contributed by atoms with Gasteiger partial charge in [0, 0.05) is 52.5 Å². The van der Waals surface area contributed by atoms with Gasteiger partial charge >= 0.3 is 0 Å². The molecule has 0 amide bonds. The van der Waals surface area contributed by atoms with Crippen molar-refractivity contribution in [3.05, 3.63) is 101 Å². The molecule has 3 nitrogen and oxygen atoms in total. The van der Waals surface area contributed by atoms with Crippen molar-refractivity contribution in [3.8, 4) is 5.75 Å². The maximum Gasteiger partial charge on any atom is 0.165 e. The summed E-state index contributed by atoms with van der Waals surface area (Å²) in [5.74, 6) is -7.58. The summed E-state index contributed by atoms with van der Waals surface area (Å²) in [6.07, 6.45) is 1.37. The first kappa shape index (κ1) is 19.8. The Kier molecular flexibility index (Phi) is 5.11. The number of rotatable bonds is 4. The molecular formula is C23H16F4N2O. The third-order valence-electron chi connectivity index (χ3n) is 5.01. The Morgan fingerprint density at radius 3 is 2.37 bits per heavy atom. The highest BCUT2D eigenvalue weighted by atomic mass is 19.2. The molecule has 0 aliphatic carbocycles. The Balaban J connectivity index is 1.97. The Morgan fingerprint density at radius 2 is 1.67 bits per heavy atom. The van der Waals surface area contributed by atoms with Crippen LogP contribution in [-0.4, -0.2) is 15.1 Å². The molecule has 0 fully saturated rings. The standard InChI is InChI=1S/C23H16F4N2O/c1-12-4-2-6-14(29-12)10-16(19-20(26)17(24)11-18(25)21(19)27)15-8-7-13-5-3-9-28-22(13)23(15)30/h2-9,11,16,30H,10H2,1H3. The molecule has 4 rings (SSSR count). The fourth-order valence-electron chi connectivity index (χ4n) is 3.61. The molecule has 0 aliphatic rings. The molecule has 1 N–H and O–H groups in total. The number of hydrogen-bond donors (Lipinski definition) is 1. The van der Waals surface area contributed by atoms with E-state index in [1.54, 1.807) is 43.3 Å². The average molecular weight is 412 g/mol. The lowest BCUT2D eigenvalue weighted by Crippen LogP contribution is -2.14. The second-order valence-electron chi connectivity index (χ2n) is 6.99. The molecule has 0 spiro atoms. The second kappa shape index (κ2) is 7.74. The molecular weight excluding hydrogens is 396 g/mol. The largest absolute Gasteiger partial charge is 0.505 e. The number of aromatic nitrogens is 2. The number of benzene rings is 2. The Bertz CT molecular complexity index is 1230. The van der Waals surface area contributed by atoms with Gasteiger partial charge in [-0.2, -0.15) is 0 Å². The summed E-state index contributed by atoms with van der Waals surface area (Å²) in [7, 11) is 0. The normalized spacial score (nSPS) is 12.3. The van der Waals surface area contributed by atoms with E-state index in [2.05, 4.69) is 9.97 Å². The van der Waals surface area contributed by atoms with Crippen LogP contribution in [0.1, 0.15) is 28.4 Å². The monoisotopic (exact) mass is 412 g/mol. The van der Waals surface area contributed by atoms with Gasteiger partial charge in [0.05, 0.1) is 0 Å². The van der Waals surface area contributed by atoms with Crippen LogP contribution in [0.4, 0.5) is 17.6 Å². The molecule has 1 atom stereocenters. The van der Waals surface area contributed by atoms with Crippen molar-refractivity contribution >= 4 is 10.9 Å². The number of fused-ring (bicyclic) bond motifs is 1. The lowest BCUT2D eigenvalue weighted by molar-refractivity contribution is 0.426. The number of halogens is 4. The van der Waals surface area contributed by atoms with Crippen LogP contribution in [0.25, 0.3) is 10.9 Å². The summed E-state index contributed by atoms with van der Waals surface area (Å²) in [6, 6.07) is 11.8. The first-order chi connectivity index (χ1) is 14.4. The minimum absolute atomic E-state index is 0.0901. The lowest BCUT2D eigenvalue weighted by atomic mass is 9.85. The average Bonchev–Trinajstić information content (AvgIpc) is 2.72. The Morgan fingerprint density at radius 1 is 0.933 bits per heavy atom. The second-order valence-corrected chi connectivity index (χ2v) is 6.99. The van der Waals surface area contributed by atoms with Gasteiger partial charge in [-0.15, -0.1) is 0 Å². The number of aromatic hydroxyl groups is 1. The molecule has 152 valence electrons. The van der Waals surface area contributed by atoms with Gasteiger partial charge in [-0.25, -0.2) is 17.6 Å². The minimum atomic E-state index is -1.51. The zero-order chi connectivity index (χ0) is 21.4. The van der Waals surface area contributed by atoms with E-state index in [4.69, 9.17) is 0 Å². The minimum Gasteiger partial charge on any atom is -0.505 e. The molecule has 2 heterocycles. The highest BCUT2D eigenvalue weighted by Crippen LogP contribution is 2.40. The van der Waals surface area contributed by atoms with E-state index in [-0.39, 0.29) is 29.3 Å². The fraction of sp³-hybridized carbons (Fsp3) is 0.130. The van der Waals surface area contributed by atoms with Gasteiger partial charge in [0.1, 0.15) is 11.3 Å². The third kappa shape index (κ3) is 3.47. The molecule has 2 aromatic carbocycles. The molecule has 0 saturated carbocycles. The first-order valence-electron chi connectivity index (χ1n) is 9.19. The molecule has 2 aromatic heterocycles. The van der Waals surface area contributed by atoms with E-state index in [1.165, 1.54) is 12.3 Å². The van der Waals surface area contributed by atoms with Crippen molar-refractivity contribution < 1.29 is 22.7 Å². The molecule has 0 aliphatic heterocycles. The Labute approximate surface area is 169 Å². The van der Waals surface area contributed by atoms with Gasteiger partial charge in [-0.05, 0) is 25.1 Å². The molecule has 7 heteroatoms. The van der Waals surface area contributed by atoms with Crippen LogP contribution < -0.4 is 0 Å². The summed E-state index contributed by atoms with van der Waals surface area (Å²) >= 11 is 0. The van der Waals surface area contributed by atoms with E-state index < -0.39 is 34.8 Å². The van der Waals surface area contributed by atoms with Crippen LogP contribution in [-0.2, 0) is 6.42 Å². The van der Waals surface area contributed by atoms with E-state index in [9.17, 15) is 22.7 Å². The first-order valence-corrected chi connectivity index (χ1v) is 9.19. The quantitative estimate of drug-likeness (QED) is 0.352. The van der Waals surface area contributed by atoms with Gasteiger partial charge in [-0.1, -0.05) is 24.3 Å². The summed E-state index contributed by atoms with van der Waals surface area (Å²) in [5, 5.41) is 11.4. The highest BCUT2D eigenvalue weighted by molar-refractivity contribution is 5.85. The zero-order valence-corrected chi connectivity index (χ0v) is 15.8. The smallest absolute Gasteiger partial charge is 0.165 e. The van der Waals surface area contributed by atoms with Crippen molar-refractivity contribution in [2.24, 2.45) is 0 Å². The number of phenolic OH excluding ortho intramolecular Hbond substituents is 1. The van der Waals surface area contributed by atoms with Gasteiger partial charge in [0.2, 0.25) is 0 Å². The maximum atomic E-state index is 14.7. The molecule has 1 unspecified atom stereocenters. The lowest BCUT2D eigenvalue weighted by Gasteiger charge is -2.21. The van der Waals surface area contributed by atoms with Crippen molar-refractivity contribution in [2.45, 2.75) is 19.3 Å². The topological polar surface area (TPSA) is 46.0 Å². The van der Waals surface area contributed by atoms with Gasteiger partial charge in [0.15, 0.2) is 23.3 Å². The maximum absolute atomic E-state index is 14.7. The van der Waals surface area contributed by atoms with Gasteiger partial charge in [0.25, 0.3) is 0 Å². The molecule has 4 aromatic rings. The van der Waals surface area contributed by atoms with Crippen molar-refractivity contribution in [1.29, 1.82) is 0 Å². The van der Waals surface area contributed by atoms with Crippen LogP contribution >= 0.6 is 0 Å². The predicted octanol–water partition coefficient (Wildman–Crippen LogP) is 5.57. The highest BCUT2D eigenvalue weighted by Gasteiger charge is 2.30. The summed E-state index contributed by atoms with van der Waals surface area (Å²) in [4.78, 5) is 8.45. The van der Waals surface area contributed by atoms with Crippen molar-refractivity contribution in [3.63, 3.8) is 0 Å². The third-order valence-corrected chi connectivity index (χ3v) is 5.01. The fourth-order valence-corrected chi connectivity index (χ4v) is 3.61. The SMILES string of the molecule is Cc1cccc(CC(c2ccc3cccnc3c2O)c2c(F)c(F)cc(F)c2F)n1. The summed E-state index contributed by atoms with van der Waals surface area (Å²) < 4.78 is 57.4. The van der Waals surface area contributed by atoms with Crippen LogP contribution in [0, 0.1) is 30.2 Å². The predicted molar refractivity (Wildman–Crippen MR) is 104 cm³/mol. The van der Waals surface area contributed by atoms with Crippen LogP contribution in [0.3, 0.4) is 0 Å². The van der Waals surface area contributed by atoms with E-state index in [0.29, 0.717) is 16.8 Å². The number of phenols is 1. The number of aryl methyl sites for hydroxylation is 1. The van der Waals surface area contributed by atoms with Crippen LogP contribution in [0.2, 0.25) is 0 Å².